The molecule has 1 amide bonds. The molecular weight excluding hydrogens is 304 g/mol. The van der Waals surface area contributed by atoms with E-state index in [4.69, 9.17) is 16.3 Å². The second kappa shape index (κ2) is 5.88. The number of ether oxygens (including phenoxy) is 1. The number of carbonyl (C=O) groups is 1. The van der Waals surface area contributed by atoms with Gasteiger partial charge in [0, 0.05) is 24.5 Å². The Labute approximate surface area is 133 Å². The van der Waals surface area contributed by atoms with Crippen molar-refractivity contribution >= 4 is 28.9 Å². The van der Waals surface area contributed by atoms with Gasteiger partial charge in [-0.2, -0.15) is 0 Å². The number of anilines is 2. The molecule has 0 aliphatic carbocycles. The Kier molecular flexibility index (Phi) is 3.94. The fraction of sp³-hybridized carbons (Fsp3) is 0.333. The molecule has 2 heterocycles. The minimum Gasteiger partial charge on any atom is -0.482 e. The van der Waals surface area contributed by atoms with Gasteiger partial charge >= 0.3 is 0 Å². The predicted octanol–water partition coefficient (Wildman–Crippen LogP) is 3.06. The molecule has 0 fully saturated rings. The van der Waals surface area contributed by atoms with E-state index >= 15 is 0 Å². The van der Waals surface area contributed by atoms with E-state index in [1.54, 1.807) is 18.3 Å². The molecule has 0 bridgehead atoms. The lowest BCUT2D eigenvalue weighted by Crippen LogP contribution is -2.25. The van der Waals surface area contributed by atoms with Gasteiger partial charge in [0.1, 0.15) is 11.6 Å². The molecule has 0 atom stereocenters. The number of hydrogen-bond donors (Lipinski definition) is 2. The molecule has 1 aliphatic rings. The summed E-state index contributed by atoms with van der Waals surface area (Å²) >= 11 is 6.25. The Morgan fingerprint density at radius 1 is 1.50 bits per heavy atom. The van der Waals surface area contributed by atoms with Crippen molar-refractivity contribution < 1.29 is 9.53 Å². The second-order valence-corrected chi connectivity index (χ2v) is 5.77. The zero-order valence-corrected chi connectivity index (χ0v) is 13.1. The van der Waals surface area contributed by atoms with Crippen LogP contribution in [0.1, 0.15) is 25.7 Å². The molecule has 0 unspecified atom stereocenters. The van der Waals surface area contributed by atoms with Crippen molar-refractivity contribution in [3.05, 3.63) is 35.4 Å². The van der Waals surface area contributed by atoms with Crippen LogP contribution in [0.5, 0.6) is 5.75 Å². The van der Waals surface area contributed by atoms with Crippen LogP contribution in [0.2, 0.25) is 5.02 Å². The summed E-state index contributed by atoms with van der Waals surface area (Å²) in [6, 6.07) is 3.82. The van der Waals surface area contributed by atoms with Gasteiger partial charge in [-0.05, 0) is 19.9 Å². The molecule has 0 saturated carbocycles. The summed E-state index contributed by atoms with van der Waals surface area (Å²) < 4.78 is 7.49. The largest absolute Gasteiger partial charge is 0.482 e. The highest BCUT2D eigenvalue weighted by atomic mass is 35.5. The molecule has 2 aromatic rings. The number of nitrogens with zero attached hydrogens (tertiary/aromatic N) is 2. The van der Waals surface area contributed by atoms with Crippen molar-refractivity contribution in [1.82, 2.24) is 9.55 Å². The Morgan fingerprint density at radius 3 is 3.09 bits per heavy atom. The number of fused-ring (bicyclic) bond motifs is 1. The molecule has 22 heavy (non-hydrogen) atoms. The number of halogens is 1. The van der Waals surface area contributed by atoms with Crippen LogP contribution in [0.3, 0.4) is 0 Å². The fourth-order valence-corrected chi connectivity index (χ4v) is 2.59. The summed E-state index contributed by atoms with van der Waals surface area (Å²) in [5, 5.41) is 6.51. The topological polar surface area (TPSA) is 68.2 Å². The van der Waals surface area contributed by atoms with Crippen LogP contribution in [0.25, 0.3) is 0 Å². The minimum absolute atomic E-state index is 0.0197. The Bertz CT molecular complexity index is 712. The number of hydrogen-bond acceptors (Lipinski definition) is 4. The fourth-order valence-electron chi connectivity index (χ4n) is 2.36. The van der Waals surface area contributed by atoms with Crippen LogP contribution in [0, 0.1) is 0 Å². The lowest BCUT2D eigenvalue weighted by atomic mass is 10.2. The standard InChI is InChI=1S/C15H17ClN4O2/c1-9(2)20-4-3-17-14(20)7-18-11-6-13-12(5-10(11)16)19-15(21)8-22-13/h3-6,9,18H,7-8H2,1-2H3,(H,19,21). The van der Waals surface area contributed by atoms with E-state index in [0.717, 1.165) is 11.5 Å². The number of nitrogens with one attached hydrogen (secondary N) is 2. The zero-order valence-electron chi connectivity index (χ0n) is 12.4. The van der Waals surface area contributed by atoms with Gasteiger partial charge in [0.25, 0.3) is 5.91 Å². The lowest BCUT2D eigenvalue weighted by molar-refractivity contribution is -0.118. The first-order chi connectivity index (χ1) is 10.5. The van der Waals surface area contributed by atoms with Gasteiger partial charge in [-0.3, -0.25) is 4.79 Å². The van der Waals surface area contributed by atoms with Crippen LogP contribution in [0.4, 0.5) is 11.4 Å². The van der Waals surface area contributed by atoms with E-state index in [1.165, 1.54) is 0 Å². The summed E-state index contributed by atoms with van der Waals surface area (Å²) in [4.78, 5) is 15.6. The molecule has 1 aliphatic heterocycles. The van der Waals surface area contributed by atoms with Gasteiger partial charge in [-0.15, -0.1) is 0 Å². The monoisotopic (exact) mass is 320 g/mol. The molecule has 116 valence electrons. The maximum absolute atomic E-state index is 11.3. The van der Waals surface area contributed by atoms with Crippen molar-refractivity contribution in [1.29, 1.82) is 0 Å². The number of benzene rings is 1. The van der Waals surface area contributed by atoms with Crippen LogP contribution in [-0.4, -0.2) is 22.1 Å². The predicted molar refractivity (Wildman–Crippen MR) is 85.5 cm³/mol. The maximum Gasteiger partial charge on any atom is 0.262 e. The first kappa shape index (κ1) is 14.7. The van der Waals surface area contributed by atoms with E-state index in [9.17, 15) is 4.79 Å². The van der Waals surface area contributed by atoms with Crippen LogP contribution < -0.4 is 15.4 Å². The Balaban J connectivity index is 1.78. The molecular formula is C15H17ClN4O2. The summed E-state index contributed by atoms with van der Waals surface area (Å²) in [7, 11) is 0. The van der Waals surface area contributed by atoms with Crippen molar-refractivity contribution in [2.24, 2.45) is 0 Å². The van der Waals surface area contributed by atoms with Crippen LogP contribution in [0.15, 0.2) is 24.5 Å². The number of imidazole rings is 1. The van der Waals surface area contributed by atoms with Gasteiger partial charge in [-0.25, -0.2) is 4.98 Å². The Morgan fingerprint density at radius 2 is 2.32 bits per heavy atom. The SMILES string of the molecule is CC(C)n1ccnc1CNc1cc2c(cc1Cl)NC(=O)CO2. The summed E-state index contributed by atoms with van der Waals surface area (Å²) in [6.07, 6.45) is 3.74. The highest BCUT2D eigenvalue weighted by Gasteiger charge is 2.18. The van der Waals surface area contributed by atoms with Gasteiger partial charge in [0.15, 0.2) is 6.61 Å². The van der Waals surface area contributed by atoms with Crippen molar-refractivity contribution in [2.75, 3.05) is 17.2 Å². The van der Waals surface area contributed by atoms with Gasteiger partial charge in [0.2, 0.25) is 0 Å². The smallest absolute Gasteiger partial charge is 0.262 e. The number of rotatable bonds is 4. The third kappa shape index (κ3) is 2.87. The molecule has 7 heteroatoms. The minimum atomic E-state index is -0.178. The van der Waals surface area contributed by atoms with Crippen molar-refractivity contribution in [2.45, 2.75) is 26.4 Å². The highest BCUT2D eigenvalue weighted by Crippen LogP contribution is 2.36. The third-order valence-electron chi connectivity index (χ3n) is 3.44. The van der Waals surface area contributed by atoms with E-state index in [1.807, 2.05) is 6.20 Å². The first-order valence-electron chi connectivity index (χ1n) is 7.06. The van der Waals surface area contributed by atoms with Crippen molar-refractivity contribution in [3.8, 4) is 5.75 Å². The molecule has 3 rings (SSSR count). The van der Waals surface area contributed by atoms with Gasteiger partial charge in [-0.1, -0.05) is 11.6 Å². The lowest BCUT2D eigenvalue weighted by Gasteiger charge is -2.20. The second-order valence-electron chi connectivity index (χ2n) is 5.36. The molecule has 0 radical (unpaired) electrons. The average Bonchev–Trinajstić information content (AvgIpc) is 2.93. The van der Waals surface area contributed by atoms with Crippen LogP contribution in [-0.2, 0) is 11.3 Å². The normalized spacial score (nSPS) is 13.5. The molecule has 2 N–H and O–H groups in total. The van der Waals surface area contributed by atoms with Crippen LogP contribution >= 0.6 is 11.6 Å². The number of carbonyl (C=O) groups excluding carboxylic acids is 1. The molecule has 1 aromatic heterocycles. The average molecular weight is 321 g/mol. The van der Waals surface area contributed by atoms with Gasteiger partial charge in [0.05, 0.1) is 22.9 Å². The highest BCUT2D eigenvalue weighted by molar-refractivity contribution is 6.33. The van der Waals surface area contributed by atoms with Gasteiger partial charge < -0.3 is 19.9 Å². The molecule has 6 nitrogen and oxygen atoms in total. The summed E-state index contributed by atoms with van der Waals surface area (Å²) in [6.45, 7) is 4.78. The third-order valence-corrected chi connectivity index (χ3v) is 3.76. The van der Waals surface area contributed by atoms with E-state index < -0.39 is 0 Å². The Hall–Kier alpha value is -2.21. The molecule has 1 aromatic carbocycles. The number of aromatic nitrogens is 2. The summed E-state index contributed by atoms with van der Waals surface area (Å²) in [5.74, 6) is 1.36. The summed E-state index contributed by atoms with van der Waals surface area (Å²) in [5.41, 5.74) is 1.34. The van der Waals surface area contributed by atoms with E-state index in [2.05, 4.69) is 34.0 Å². The first-order valence-corrected chi connectivity index (χ1v) is 7.44. The van der Waals surface area contributed by atoms with E-state index in [0.29, 0.717) is 29.0 Å². The van der Waals surface area contributed by atoms with Crippen molar-refractivity contribution in [3.63, 3.8) is 0 Å². The quantitative estimate of drug-likeness (QED) is 0.908. The molecule has 0 spiro atoms. The number of amides is 1. The zero-order chi connectivity index (χ0) is 15.7. The maximum atomic E-state index is 11.3. The van der Waals surface area contributed by atoms with E-state index in [-0.39, 0.29) is 12.5 Å². The molecule has 0 saturated heterocycles.